The highest BCUT2D eigenvalue weighted by molar-refractivity contribution is 5.80. The average molecular weight is 794 g/mol. The molecule has 0 amide bonds. The molecular weight excluding hydrogens is 730 g/mol. The fraction of sp³-hybridized carbons (Fsp3) is 0.902. The van der Waals surface area contributed by atoms with Crippen molar-refractivity contribution in [2.24, 2.45) is 46.8 Å². The quantitative estimate of drug-likeness (QED) is 0.174. The maximum atomic E-state index is 13.7. The SMILES string of the molecule is CC(=O)O[C@@H](C)[C@](C)(O)C(=O)O[C@H]1CC[C@@]2(C)[C@@H]3C[C@@H](OC(C)=O)[C@H]4[C@@]5(O)[C@@H](C[C@@]42O[C@@]13O)[C@@H]1CN2C[C@@H](C)CC[C@H]2[C@@](C)(O)[C@H]1[C@@H](O)[C@@H]5OC(=O)CC(C)C. The third-order valence-corrected chi connectivity index (χ3v) is 15.7. The van der Waals surface area contributed by atoms with Gasteiger partial charge in [-0.1, -0.05) is 27.7 Å². The van der Waals surface area contributed by atoms with Crippen LogP contribution in [0.15, 0.2) is 0 Å². The number of nitrogens with zero attached hydrogens (tertiary/aromatic N) is 1. The van der Waals surface area contributed by atoms with Gasteiger partial charge in [0.2, 0.25) is 5.79 Å². The van der Waals surface area contributed by atoms with Gasteiger partial charge in [0.25, 0.3) is 0 Å². The van der Waals surface area contributed by atoms with Crippen molar-refractivity contribution in [3.63, 3.8) is 0 Å². The Morgan fingerprint density at radius 3 is 2.27 bits per heavy atom. The summed E-state index contributed by atoms with van der Waals surface area (Å²) in [5, 5.41) is 62.8. The molecular formula is C41H63NO14. The number of aliphatic hydroxyl groups excluding tert-OH is 1. The van der Waals surface area contributed by atoms with Gasteiger partial charge in [0.15, 0.2) is 17.8 Å². The highest BCUT2D eigenvalue weighted by Crippen LogP contribution is 2.77. The predicted molar refractivity (Wildman–Crippen MR) is 195 cm³/mol. The van der Waals surface area contributed by atoms with Crippen LogP contribution < -0.4 is 0 Å². The maximum absolute atomic E-state index is 13.7. The first kappa shape index (κ1) is 41.7. The molecule has 0 radical (unpaired) electrons. The van der Waals surface area contributed by atoms with Crippen molar-refractivity contribution in [2.75, 3.05) is 13.1 Å². The Balaban J connectivity index is 1.35. The number of fused-ring (bicyclic) bond motifs is 5. The number of piperidine rings is 2. The van der Waals surface area contributed by atoms with Gasteiger partial charge in [-0.15, -0.1) is 0 Å². The van der Waals surface area contributed by atoms with E-state index < -0.39 is 118 Å². The second kappa shape index (κ2) is 13.6. The largest absolute Gasteiger partial charge is 0.462 e. The summed E-state index contributed by atoms with van der Waals surface area (Å²) in [6.45, 7) is 15.6. The zero-order valence-corrected chi connectivity index (χ0v) is 34.2. The molecule has 0 aromatic heterocycles. The van der Waals surface area contributed by atoms with Gasteiger partial charge in [-0.3, -0.25) is 19.3 Å². The summed E-state index contributed by atoms with van der Waals surface area (Å²) in [6.07, 6.45) is -4.63. The lowest BCUT2D eigenvalue weighted by molar-refractivity contribution is -0.300. The van der Waals surface area contributed by atoms with Gasteiger partial charge in [0, 0.05) is 56.7 Å². The third kappa shape index (κ3) is 5.83. The molecule has 4 saturated carbocycles. The Kier molecular flexibility index (Phi) is 10.1. The topological polar surface area (TPSA) is 219 Å². The van der Waals surface area contributed by atoms with Crippen LogP contribution in [0.4, 0.5) is 0 Å². The maximum Gasteiger partial charge on any atom is 0.342 e. The number of hydrogen-bond donors (Lipinski definition) is 5. The number of carbonyl (C=O) groups is 4. The minimum absolute atomic E-state index is 0.00880. The fourth-order valence-corrected chi connectivity index (χ4v) is 13.3. The van der Waals surface area contributed by atoms with Crippen molar-refractivity contribution < 1.29 is 68.4 Å². The third-order valence-electron chi connectivity index (χ3n) is 15.7. The van der Waals surface area contributed by atoms with Crippen LogP contribution in [0.1, 0.15) is 107 Å². The monoisotopic (exact) mass is 793 g/mol. The van der Waals surface area contributed by atoms with Gasteiger partial charge in [-0.25, -0.2) is 4.79 Å². The van der Waals surface area contributed by atoms with Crippen molar-refractivity contribution in [3.05, 3.63) is 0 Å². The van der Waals surface area contributed by atoms with Crippen LogP contribution in [0.5, 0.6) is 0 Å². The lowest BCUT2D eigenvalue weighted by Gasteiger charge is -2.64. The smallest absolute Gasteiger partial charge is 0.342 e. The van der Waals surface area contributed by atoms with E-state index >= 15 is 0 Å². The van der Waals surface area contributed by atoms with Gasteiger partial charge >= 0.3 is 23.9 Å². The molecule has 1 spiro atoms. The molecule has 7 aliphatic rings. The van der Waals surface area contributed by atoms with Crippen LogP contribution in [-0.2, 0) is 42.9 Å². The first-order valence-corrected chi connectivity index (χ1v) is 20.6. The molecule has 15 heteroatoms. The standard InChI is InChI=1S/C41H63NO14/c1-19(2)14-30(45)55-34-32(46)31-24(18-42-17-20(3)10-11-28(42)38(31,9)49)25-16-39-33(40(25,34)50)26(53-23(6)44)15-27-36(39,7)13-12-29(41(27,51)56-39)54-35(47)37(8,48)21(4)52-22(5)43/h19-21,24-29,31-34,46,48-51H,10-18H2,1-9H3/t20-,21-,24-,25-,26+,27-,28-,29-,31+,32+,33+,34-,36-,37-,38+,39+,40-,41+/m0/s1. The lowest BCUT2D eigenvalue weighted by Crippen LogP contribution is -2.77. The molecule has 316 valence electrons. The molecule has 18 atom stereocenters. The first-order valence-electron chi connectivity index (χ1n) is 20.6. The van der Waals surface area contributed by atoms with Gasteiger partial charge in [0.05, 0.1) is 23.2 Å². The normalized spacial score (nSPS) is 49.3. The van der Waals surface area contributed by atoms with E-state index in [2.05, 4.69) is 11.8 Å². The summed E-state index contributed by atoms with van der Waals surface area (Å²) in [4.78, 5) is 54.0. The van der Waals surface area contributed by atoms with Crippen LogP contribution in [0.2, 0.25) is 0 Å². The zero-order valence-electron chi connectivity index (χ0n) is 34.2. The zero-order chi connectivity index (χ0) is 41.3. The van der Waals surface area contributed by atoms with E-state index in [9.17, 15) is 44.7 Å². The molecule has 0 aromatic rings. The summed E-state index contributed by atoms with van der Waals surface area (Å²) < 4.78 is 30.2. The van der Waals surface area contributed by atoms with Crippen LogP contribution in [0.3, 0.4) is 0 Å². The van der Waals surface area contributed by atoms with Crippen molar-refractivity contribution in [1.82, 2.24) is 4.90 Å². The van der Waals surface area contributed by atoms with Crippen molar-refractivity contribution in [2.45, 2.75) is 172 Å². The molecule has 3 aliphatic heterocycles. The second-order valence-corrected chi connectivity index (χ2v) is 19.7. The molecule has 15 nitrogen and oxygen atoms in total. The molecule has 5 N–H and O–H groups in total. The Morgan fingerprint density at radius 1 is 0.964 bits per heavy atom. The molecule has 0 unspecified atom stereocenters. The number of esters is 4. The molecule has 4 aliphatic carbocycles. The van der Waals surface area contributed by atoms with Gasteiger partial charge in [-0.2, -0.15) is 0 Å². The Morgan fingerprint density at radius 2 is 1.64 bits per heavy atom. The molecule has 3 saturated heterocycles. The van der Waals surface area contributed by atoms with Crippen LogP contribution >= 0.6 is 0 Å². The van der Waals surface area contributed by atoms with E-state index in [0.717, 1.165) is 20.3 Å². The summed E-state index contributed by atoms with van der Waals surface area (Å²) in [6, 6.07) is -0.274. The Labute approximate surface area is 328 Å². The molecule has 7 rings (SSSR count). The van der Waals surface area contributed by atoms with Gasteiger partial charge in [-0.05, 0) is 83.0 Å². The van der Waals surface area contributed by atoms with Gasteiger partial charge < -0.3 is 49.2 Å². The Hall–Kier alpha value is -2.40. The predicted octanol–water partition coefficient (Wildman–Crippen LogP) is 1.61. The molecule has 7 fully saturated rings. The van der Waals surface area contributed by atoms with E-state index in [4.69, 9.17) is 23.7 Å². The number of rotatable bonds is 8. The van der Waals surface area contributed by atoms with Crippen molar-refractivity contribution in [3.8, 4) is 0 Å². The van der Waals surface area contributed by atoms with Crippen molar-refractivity contribution >= 4 is 23.9 Å². The van der Waals surface area contributed by atoms with Crippen LogP contribution in [-0.4, -0.2) is 132 Å². The first-order chi connectivity index (χ1) is 25.9. The van der Waals surface area contributed by atoms with Crippen LogP contribution in [0.25, 0.3) is 0 Å². The second-order valence-electron chi connectivity index (χ2n) is 19.7. The Bertz CT molecular complexity index is 1620. The summed E-state index contributed by atoms with van der Waals surface area (Å²) in [5.74, 6) is -9.10. The number of carbonyl (C=O) groups excluding carboxylic acids is 4. The molecule has 56 heavy (non-hydrogen) atoms. The fourth-order valence-electron chi connectivity index (χ4n) is 13.3. The van der Waals surface area contributed by atoms with E-state index in [1.807, 2.05) is 20.8 Å². The van der Waals surface area contributed by atoms with E-state index in [-0.39, 0.29) is 37.6 Å². The summed E-state index contributed by atoms with van der Waals surface area (Å²) in [7, 11) is 0. The number of aliphatic hydroxyl groups is 5. The highest BCUT2D eigenvalue weighted by Gasteiger charge is 2.88. The number of hydrogen-bond acceptors (Lipinski definition) is 15. The number of ether oxygens (including phenoxy) is 5. The van der Waals surface area contributed by atoms with Crippen LogP contribution in [0, 0.1) is 46.8 Å². The molecule has 0 aromatic carbocycles. The van der Waals surface area contributed by atoms with E-state index in [1.165, 1.54) is 13.8 Å². The minimum atomic E-state index is -2.28. The van der Waals surface area contributed by atoms with Gasteiger partial charge in [0.1, 0.15) is 17.8 Å². The molecule has 3 heterocycles. The summed E-state index contributed by atoms with van der Waals surface area (Å²) >= 11 is 0. The average Bonchev–Trinajstić information content (AvgIpc) is 3.34. The molecule has 4 bridgehead atoms. The highest BCUT2D eigenvalue weighted by atomic mass is 16.7. The van der Waals surface area contributed by atoms with Crippen molar-refractivity contribution in [1.29, 1.82) is 0 Å². The minimum Gasteiger partial charge on any atom is -0.462 e. The summed E-state index contributed by atoms with van der Waals surface area (Å²) in [5.41, 5.74) is -8.17. The van der Waals surface area contributed by atoms with E-state index in [0.29, 0.717) is 31.8 Å². The van der Waals surface area contributed by atoms with E-state index in [1.54, 1.807) is 6.92 Å². The lowest BCUT2D eigenvalue weighted by atomic mass is 9.49.